The SMILES string of the molecule is CC/C=C/C(=O)OCC(=O)Nc1cc(S(=O)(=O)N2CCCCCC2)ccc1OC. The van der Waals surface area contributed by atoms with E-state index in [9.17, 15) is 18.0 Å². The molecular weight excluding hydrogens is 396 g/mol. The Balaban J connectivity index is 2.14. The van der Waals surface area contributed by atoms with E-state index in [4.69, 9.17) is 9.47 Å². The summed E-state index contributed by atoms with van der Waals surface area (Å²) in [6.07, 6.45) is 7.25. The quantitative estimate of drug-likeness (QED) is 0.509. The molecule has 1 saturated heterocycles. The van der Waals surface area contributed by atoms with Crippen LogP contribution in [0.5, 0.6) is 5.75 Å². The Morgan fingerprint density at radius 3 is 2.48 bits per heavy atom. The number of nitrogens with one attached hydrogen (secondary N) is 1. The number of nitrogens with zero attached hydrogens (tertiary/aromatic N) is 1. The molecule has 1 amide bonds. The number of anilines is 1. The maximum Gasteiger partial charge on any atom is 0.330 e. The summed E-state index contributed by atoms with van der Waals surface area (Å²) in [7, 11) is -2.25. The number of hydrogen-bond acceptors (Lipinski definition) is 6. The predicted octanol–water partition coefficient (Wildman–Crippen LogP) is 2.71. The average Bonchev–Trinajstić information content (AvgIpc) is 3.00. The van der Waals surface area contributed by atoms with Gasteiger partial charge in [-0.05, 0) is 37.5 Å². The summed E-state index contributed by atoms with van der Waals surface area (Å²) in [5.41, 5.74) is 0.202. The summed E-state index contributed by atoms with van der Waals surface area (Å²) in [5, 5.41) is 2.55. The Morgan fingerprint density at radius 1 is 1.17 bits per heavy atom. The Bertz CT molecular complexity index is 843. The molecule has 9 heteroatoms. The first-order chi connectivity index (χ1) is 13.9. The smallest absolute Gasteiger partial charge is 0.330 e. The van der Waals surface area contributed by atoms with Gasteiger partial charge in [-0.25, -0.2) is 13.2 Å². The molecule has 29 heavy (non-hydrogen) atoms. The van der Waals surface area contributed by atoms with Gasteiger partial charge >= 0.3 is 5.97 Å². The van der Waals surface area contributed by atoms with E-state index in [1.54, 1.807) is 6.08 Å². The van der Waals surface area contributed by atoms with Crippen LogP contribution in [0.1, 0.15) is 39.0 Å². The molecule has 1 aliphatic rings. The molecule has 0 unspecified atom stereocenters. The highest BCUT2D eigenvalue weighted by molar-refractivity contribution is 7.89. The van der Waals surface area contributed by atoms with Gasteiger partial charge in [-0.1, -0.05) is 25.8 Å². The lowest BCUT2D eigenvalue weighted by molar-refractivity contribution is -0.142. The van der Waals surface area contributed by atoms with Crippen molar-refractivity contribution in [3.8, 4) is 5.75 Å². The van der Waals surface area contributed by atoms with Gasteiger partial charge in [0.15, 0.2) is 6.61 Å². The van der Waals surface area contributed by atoms with Gasteiger partial charge in [0.1, 0.15) is 5.75 Å². The van der Waals surface area contributed by atoms with Gasteiger partial charge in [-0.3, -0.25) is 4.79 Å². The largest absolute Gasteiger partial charge is 0.495 e. The van der Waals surface area contributed by atoms with Crippen LogP contribution in [-0.2, 0) is 24.3 Å². The molecular formula is C20H28N2O6S. The van der Waals surface area contributed by atoms with E-state index in [2.05, 4.69) is 5.32 Å². The molecule has 2 rings (SSSR count). The molecule has 8 nitrogen and oxygen atoms in total. The van der Waals surface area contributed by atoms with E-state index in [-0.39, 0.29) is 10.6 Å². The maximum atomic E-state index is 13.0. The minimum Gasteiger partial charge on any atom is -0.495 e. The predicted molar refractivity (Wildman–Crippen MR) is 109 cm³/mol. The van der Waals surface area contributed by atoms with Gasteiger partial charge in [0.25, 0.3) is 5.91 Å². The standard InChI is InChI=1S/C20H28N2O6S/c1-3-4-9-20(24)28-15-19(23)21-17-14-16(10-11-18(17)27-2)29(25,26)22-12-7-5-6-8-13-22/h4,9-11,14H,3,5-8,12-13,15H2,1-2H3,(H,21,23)/b9-4+. The van der Waals surface area contributed by atoms with Crippen molar-refractivity contribution in [3.63, 3.8) is 0 Å². The fraction of sp³-hybridized carbons (Fsp3) is 0.500. The zero-order valence-electron chi connectivity index (χ0n) is 16.8. The Morgan fingerprint density at radius 2 is 1.86 bits per heavy atom. The number of hydrogen-bond donors (Lipinski definition) is 1. The Hall–Kier alpha value is -2.39. The van der Waals surface area contributed by atoms with E-state index >= 15 is 0 Å². The summed E-state index contributed by atoms with van der Waals surface area (Å²) in [6.45, 7) is 2.35. The fourth-order valence-electron chi connectivity index (χ4n) is 2.96. The van der Waals surface area contributed by atoms with Crippen molar-refractivity contribution in [1.82, 2.24) is 4.31 Å². The molecule has 0 radical (unpaired) electrons. The second-order valence-corrected chi connectivity index (χ2v) is 8.58. The van der Waals surface area contributed by atoms with E-state index in [1.165, 1.54) is 35.7 Å². The zero-order valence-corrected chi connectivity index (χ0v) is 17.7. The van der Waals surface area contributed by atoms with E-state index < -0.39 is 28.5 Å². The summed E-state index contributed by atoms with van der Waals surface area (Å²) in [6, 6.07) is 4.33. The molecule has 0 spiro atoms. The van der Waals surface area contributed by atoms with E-state index in [1.807, 2.05) is 6.92 Å². The van der Waals surface area contributed by atoms with Crippen molar-refractivity contribution in [3.05, 3.63) is 30.4 Å². The van der Waals surface area contributed by atoms with Crippen LogP contribution < -0.4 is 10.1 Å². The van der Waals surface area contributed by atoms with Crippen LogP contribution in [0.15, 0.2) is 35.2 Å². The molecule has 0 saturated carbocycles. The maximum absolute atomic E-state index is 13.0. The third-order valence-electron chi connectivity index (χ3n) is 4.48. The number of benzene rings is 1. The highest BCUT2D eigenvalue weighted by Crippen LogP contribution is 2.29. The third-order valence-corrected chi connectivity index (χ3v) is 6.38. The number of carbonyl (C=O) groups excluding carboxylic acids is 2. The lowest BCUT2D eigenvalue weighted by atomic mass is 10.2. The van der Waals surface area contributed by atoms with Gasteiger partial charge in [-0.2, -0.15) is 4.31 Å². The second kappa shape index (κ2) is 11.0. The molecule has 1 heterocycles. The Kier molecular flexibility index (Phi) is 8.66. The molecule has 0 bridgehead atoms. The number of carbonyl (C=O) groups is 2. The van der Waals surface area contributed by atoms with E-state index in [0.717, 1.165) is 25.7 Å². The molecule has 0 aliphatic carbocycles. The number of rotatable bonds is 8. The van der Waals surface area contributed by atoms with Crippen molar-refractivity contribution in [1.29, 1.82) is 0 Å². The Labute approximate surface area is 171 Å². The van der Waals surface area contributed by atoms with Crippen LogP contribution in [0.4, 0.5) is 5.69 Å². The molecule has 1 aliphatic heterocycles. The van der Waals surface area contributed by atoms with Crippen molar-refractivity contribution < 1.29 is 27.5 Å². The molecule has 0 atom stereocenters. The minimum absolute atomic E-state index is 0.0818. The zero-order chi connectivity index (χ0) is 21.3. The minimum atomic E-state index is -3.67. The van der Waals surface area contributed by atoms with Crippen molar-refractivity contribution in [2.24, 2.45) is 0 Å². The van der Waals surface area contributed by atoms with Crippen LogP contribution in [0.2, 0.25) is 0 Å². The van der Waals surface area contributed by atoms with Crippen molar-refractivity contribution >= 4 is 27.6 Å². The molecule has 1 aromatic rings. The molecule has 1 N–H and O–H groups in total. The number of sulfonamides is 1. The number of ether oxygens (including phenoxy) is 2. The molecule has 160 valence electrons. The van der Waals surface area contributed by atoms with Gasteiger partial charge in [0.2, 0.25) is 10.0 Å². The van der Waals surface area contributed by atoms with Gasteiger partial charge in [-0.15, -0.1) is 0 Å². The molecule has 1 aromatic carbocycles. The van der Waals surface area contributed by atoms with Crippen molar-refractivity contribution in [2.75, 3.05) is 32.1 Å². The number of esters is 1. The summed E-state index contributed by atoms with van der Waals surface area (Å²) >= 11 is 0. The summed E-state index contributed by atoms with van der Waals surface area (Å²) < 4.78 is 37.5. The van der Waals surface area contributed by atoms with Crippen LogP contribution in [0.3, 0.4) is 0 Å². The van der Waals surface area contributed by atoms with Crippen molar-refractivity contribution in [2.45, 2.75) is 43.9 Å². The number of amides is 1. The number of methoxy groups -OCH3 is 1. The van der Waals surface area contributed by atoms with Crippen LogP contribution >= 0.6 is 0 Å². The first kappa shape index (κ1) is 22.9. The lowest BCUT2D eigenvalue weighted by Gasteiger charge is -2.21. The summed E-state index contributed by atoms with van der Waals surface area (Å²) in [5.74, 6) is -0.900. The monoisotopic (exact) mass is 424 g/mol. The first-order valence-corrected chi connectivity index (χ1v) is 11.1. The number of allylic oxidation sites excluding steroid dienone is 1. The molecule has 0 aromatic heterocycles. The first-order valence-electron chi connectivity index (χ1n) is 9.69. The second-order valence-electron chi connectivity index (χ2n) is 6.65. The third kappa shape index (κ3) is 6.57. The normalized spacial score (nSPS) is 15.7. The average molecular weight is 425 g/mol. The van der Waals surface area contributed by atoms with Gasteiger partial charge in [0, 0.05) is 19.2 Å². The van der Waals surface area contributed by atoms with Crippen LogP contribution in [0, 0.1) is 0 Å². The lowest BCUT2D eigenvalue weighted by Crippen LogP contribution is -2.32. The van der Waals surface area contributed by atoms with Gasteiger partial charge < -0.3 is 14.8 Å². The highest BCUT2D eigenvalue weighted by atomic mass is 32.2. The highest BCUT2D eigenvalue weighted by Gasteiger charge is 2.26. The molecule has 1 fully saturated rings. The fourth-order valence-corrected chi connectivity index (χ4v) is 4.51. The van der Waals surface area contributed by atoms with Crippen LogP contribution in [-0.4, -0.2) is 51.4 Å². The van der Waals surface area contributed by atoms with Crippen LogP contribution in [0.25, 0.3) is 0 Å². The van der Waals surface area contributed by atoms with E-state index in [0.29, 0.717) is 25.3 Å². The van der Waals surface area contributed by atoms with Gasteiger partial charge in [0.05, 0.1) is 17.7 Å². The summed E-state index contributed by atoms with van der Waals surface area (Å²) in [4.78, 5) is 23.7. The topological polar surface area (TPSA) is 102 Å².